The van der Waals surface area contributed by atoms with Crippen LogP contribution in [0.5, 0.6) is 5.75 Å². The molecule has 10 nitrogen and oxygen atoms in total. The fourth-order valence-corrected chi connectivity index (χ4v) is 6.29. The van der Waals surface area contributed by atoms with E-state index in [1.807, 2.05) is 62.4 Å². The Morgan fingerprint density at radius 1 is 0.978 bits per heavy atom. The van der Waals surface area contributed by atoms with E-state index in [0.717, 1.165) is 31.7 Å². The molecule has 0 aliphatic carbocycles. The molecule has 0 saturated heterocycles. The Hall–Kier alpha value is -3.65. The van der Waals surface area contributed by atoms with Crippen LogP contribution in [-0.4, -0.2) is 83.6 Å². The number of fused-ring (bicyclic) bond motifs is 1. The molecule has 0 bridgehead atoms. The molecule has 224 valence electrons. The average Bonchev–Trinajstić information content (AvgIpc) is 3.68. The first-order valence-corrected chi connectivity index (χ1v) is 14.8. The summed E-state index contributed by atoms with van der Waals surface area (Å²) in [4.78, 5) is 56.3. The van der Waals surface area contributed by atoms with E-state index in [0.29, 0.717) is 39.3 Å². The van der Waals surface area contributed by atoms with Crippen molar-refractivity contribution in [2.75, 3.05) is 7.11 Å². The molecule has 0 aliphatic rings. The molecule has 0 spiro atoms. The van der Waals surface area contributed by atoms with Crippen LogP contribution < -0.4 is 21.7 Å². The molecule has 45 heavy (non-hydrogen) atoms. The number of aromatic amines is 1. The van der Waals surface area contributed by atoms with E-state index >= 15 is 0 Å². The van der Waals surface area contributed by atoms with E-state index in [9.17, 15) is 19.2 Å². The summed E-state index contributed by atoms with van der Waals surface area (Å²) < 4.78 is 12.5. The Balaban J connectivity index is 0.00000400. The number of hydrogen-bond donors (Lipinski definition) is 1. The molecule has 0 aliphatic heterocycles. The van der Waals surface area contributed by atoms with Gasteiger partial charge in [-0.3, -0.25) is 28.2 Å². The van der Waals surface area contributed by atoms with Gasteiger partial charge in [0.25, 0.3) is 5.56 Å². The molecule has 3 aromatic carbocycles. The molecule has 3 heterocycles. The van der Waals surface area contributed by atoms with Crippen molar-refractivity contribution in [2.45, 2.75) is 33.4 Å². The van der Waals surface area contributed by atoms with Crippen LogP contribution >= 0.6 is 11.3 Å². The minimum atomic E-state index is -0.634. The van der Waals surface area contributed by atoms with Crippen molar-refractivity contribution in [1.82, 2.24) is 19.3 Å². The number of carbonyl (C=O) groups excluding carboxylic acids is 1. The van der Waals surface area contributed by atoms with Gasteiger partial charge in [0, 0.05) is 16.0 Å². The topological polar surface area (TPSA) is 129 Å². The zero-order valence-corrected chi connectivity index (χ0v) is 25.1. The van der Waals surface area contributed by atoms with Gasteiger partial charge in [-0.1, -0.05) is 54.5 Å². The van der Waals surface area contributed by atoms with Crippen LogP contribution in [0.15, 0.2) is 91.7 Å². The number of carbonyl (C=O) groups is 1. The minimum absolute atomic E-state index is 0. The van der Waals surface area contributed by atoms with E-state index in [1.165, 1.54) is 18.4 Å². The van der Waals surface area contributed by atoms with Crippen molar-refractivity contribution in [3.8, 4) is 28.3 Å². The number of hydrogen-bond acceptors (Lipinski definition) is 8. The van der Waals surface area contributed by atoms with Crippen molar-refractivity contribution < 1.29 is 14.1 Å². The summed E-state index contributed by atoms with van der Waals surface area (Å²) in [6, 6.07) is 21.8. The number of thiophene rings is 1. The Morgan fingerprint density at radius 2 is 1.71 bits per heavy atom. The number of rotatable bonds is 9. The maximum absolute atomic E-state index is 13.9. The fourth-order valence-electron chi connectivity index (χ4n) is 5.21. The normalized spacial score (nSPS) is 11.0. The first-order valence-electron chi connectivity index (χ1n) is 14.0. The third kappa shape index (κ3) is 6.53. The summed E-state index contributed by atoms with van der Waals surface area (Å²) in [7, 11) is 1.54. The van der Waals surface area contributed by atoms with Crippen LogP contribution in [0.25, 0.3) is 32.7 Å². The van der Waals surface area contributed by atoms with Gasteiger partial charge in [0.2, 0.25) is 0 Å². The number of H-pyrrole nitrogens is 1. The SMILES string of the molecule is CCc1cc2c(=O)n(CC(=O)c3ccc(OC)cc3)c(=O)n(Cc3ccc(-c4ccccc4-c4noc(=O)[nH]4)cc3C)c2s1.[KH]. The standard InChI is InChI=1S/C33H28N4O6S.K.H/c1-4-24-16-27-30(39)36(18-28(38)20-11-13-23(42-3)14-12-20)33(41)37(31(27)44-24)17-22-10-9-21(15-19(22)2)25-7-5-6-8-26(25)29-34-32(40)43-35-29;;/h5-16H,4,17-18H2,1-3H3,(H,34,35,40);;. The third-order valence-corrected chi connectivity index (χ3v) is 8.92. The zero-order valence-electron chi connectivity index (χ0n) is 24.2. The quantitative estimate of drug-likeness (QED) is 0.182. The molecule has 0 saturated carbocycles. The number of ketones is 1. The molecule has 12 heteroatoms. The summed E-state index contributed by atoms with van der Waals surface area (Å²) in [6.07, 6.45) is 0.710. The zero-order chi connectivity index (χ0) is 31.0. The summed E-state index contributed by atoms with van der Waals surface area (Å²) in [5, 5.41) is 4.26. The number of methoxy groups -OCH3 is 1. The van der Waals surface area contributed by atoms with E-state index < -0.39 is 17.0 Å². The van der Waals surface area contributed by atoms with Crippen LogP contribution in [0, 0.1) is 6.92 Å². The van der Waals surface area contributed by atoms with Crippen molar-refractivity contribution >= 4 is 78.7 Å². The Morgan fingerprint density at radius 3 is 2.36 bits per heavy atom. The van der Waals surface area contributed by atoms with Crippen LogP contribution in [0.4, 0.5) is 0 Å². The van der Waals surface area contributed by atoms with Crippen molar-refractivity contribution in [1.29, 1.82) is 0 Å². The molecule has 3 aromatic heterocycles. The Bertz CT molecular complexity index is 2210. The average molecular weight is 649 g/mol. The van der Waals surface area contributed by atoms with E-state index in [4.69, 9.17) is 9.26 Å². The first kappa shape index (κ1) is 32.7. The predicted molar refractivity (Wildman–Crippen MR) is 176 cm³/mol. The molecule has 0 amide bonds. The summed E-state index contributed by atoms with van der Waals surface area (Å²) in [5.41, 5.74) is 3.61. The Kier molecular flexibility index (Phi) is 10.0. The molecular weight excluding hydrogens is 620 g/mol. The number of aromatic nitrogens is 4. The molecular formula is C33H29KN4O6S. The molecule has 6 aromatic rings. The van der Waals surface area contributed by atoms with Gasteiger partial charge in [0.15, 0.2) is 11.6 Å². The summed E-state index contributed by atoms with van der Waals surface area (Å²) in [5.74, 6) is -0.0516. The van der Waals surface area contributed by atoms with Gasteiger partial charge in [-0.25, -0.2) is 9.59 Å². The molecule has 1 N–H and O–H groups in total. The van der Waals surface area contributed by atoms with Crippen molar-refractivity contribution in [3.05, 3.63) is 126 Å². The fraction of sp³-hybridized carbons (Fsp3) is 0.182. The molecule has 0 fully saturated rings. The monoisotopic (exact) mass is 648 g/mol. The van der Waals surface area contributed by atoms with Gasteiger partial charge < -0.3 is 4.74 Å². The second-order valence-electron chi connectivity index (χ2n) is 10.3. The first-order chi connectivity index (χ1) is 21.3. The summed E-state index contributed by atoms with van der Waals surface area (Å²) in [6.45, 7) is 3.78. The molecule has 0 unspecified atom stereocenters. The van der Waals surface area contributed by atoms with Gasteiger partial charge in [-0.2, -0.15) is 0 Å². The molecule has 0 atom stereocenters. The molecule has 6 rings (SSSR count). The van der Waals surface area contributed by atoms with Crippen molar-refractivity contribution in [3.63, 3.8) is 0 Å². The van der Waals surface area contributed by atoms with Gasteiger partial charge in [0.1, 0.15) is 10.6 Å². The number of aryl methyl sites for hydroxylation is 2. The van der Waals surface area contributed by atoms with Gasteiger partial charge in [-0.05, 0) is 65.9 Å². The van der Waals surface area contributed by atoms with Crippen LogP contribution in [0.2, 0.25) is 0 Å². The second-order valence-corrected chi connectivity index (χ2v) is 11.4. The van der Waals surface area contributed by atoms with Gasteiger partial charge in [-0.15, -0.1) is 11.3 Å². The summed E-state index contributed by atoms with van der Waals surface area (Å²) >= 11 is 1.41. The number of Topliss-reactive ketones (excluding diaryl/α,β-unsaturated/α-hetero) is 1. The Labute approximate surface area is 303 Å². The van der Waals surface area contributed by atoms with Gasteiger partial charge in [0.05, 0.1) is 25.6 Å². The second kappa shape index (κ2) is 13.8. The maximum atomic E-state index is 13.9. The van der Waals surface area contributed by atoms with E-state index in [-0.39, 0.29) is 70.3 Å². The van der Waals surface area contributed by atoms with Crippen LogP contribution in [0.3, 0.4) is 0 Å². The van der Waals surface area contributed by atoms with Gasteiger partial charge >= 0.3 is 62.8 Å². The van der Waals surface area contributed by atoms with E-state index in [1.54, 1.807) is 28.8 Å². The predicted octanol–water partition coefficient (Wildman–Crippen LogP) is 4.40. The van der Waals surface area contributed by atoms with Crippen molar-refractivity contribution in [2.24, 2.45) is 0 Å². The number of benzene rings is 3. The molecule has 0 radical (unpaired) electrons. The van der Waals surface area contributed by atoms with Crippen LogP contribution in [-0.2, 0) is 19.5 Å². The number of nitrogens with zero attached hydrogens (tertiary/aromatic N) is 3. The van der Waals surface area contributed by atoms with Crippen LogP contribution in [0.1, 0.15) is 33.3 Å². The number of ether oxygens (including phenoxy) is 1. The van der Waals surface area contributed by atoms with E-state index in [2.05, 4.69) is 10.1 Å². The third-order valence-electron chi connectivity index (χ3n) is 7.61. The number of nitrogens with one attached hydrogen (secondary N) is 1.